The molecular weight excluding hydrogens is 831 g/mol. The number of imidazole rings is 1. The fourth-order valence-electron chi connectivity index (χ4n) is 10.4. The number of aromatic nitrogens is 2. The molecule has 15 heteroatoms. The first-order valence-electron chi connectivity index (χ1n) is 23.4. The summed E-state index contributed by atoms with van der Waals surface area (Å²) in [7, 11) is 1.58. The van der Waals surface area contributed by atoms with Crippen molar-refractivity contribution in [1.29, 1.82) is 0 Å². The average molecular weight is 895 g/mol. The van der Waals surface area contributed by atoms with Crippen LogP contribution in [-0.4, -0.2) is 64.5 Å². The number of amides is 2. The third-order valence-electron chi connectivity index (χ3n) is 13.7. The van der Waals surface area contributed by atoms with Crippen molar-refractivity contribution in [3.05, 3.63) is 92.7 Å². The van der Waals surface area contributed by atoms with Crippen molar-refractivity contribution in [2.45, 2.75) is 147 Å². The van der Waals surface area contributed by atoms with Gasteiger partial charge in [0.25, 0.3) is 6.43 Å². The number of para-hydroxylation sites is 2. The number of halogens is 2. The Bertz CT molecular complexity index is 2460. The minimum Gasteiger partial charge on any atom is -0.404 e. The second-order valence-corrected chi connectivity index (χ2v) is 18.2. The number of Topliss-reactive ketones (excluding diaryl/α,β-unsaturated/α-hetero) is 2. The van der Waals surface area contributed by atoms with Gasteiger partial charge in [0, 0.05) is 92.7 Å². The number of hydrogen-bond donors (Lipinski definition) is 4. The normalized spacial score (nSPS) is 21.2. The summed E-state index contributed by atoms with van der Waals surface area (Å²) in [5.41, 5.74) is 19.5. The highest BCUT2D eigenvalue weighted by Gasteiger charge is 2.34. The molecule has 1 aromatic heterocycles. The second-order valence-electron chi connectivity index (χ2n) is 18.2. The van der Waals surface area contributed by atoms with Crippen LogP contribution >= 0.6 is 0 Å². The van der Waals surface area contributed by atoms with Gasteiger partial charge in [-0.3, -0.25) is 38.6 Å². The molecule has 3 heterocycles. The summed E-state index contributed by atoms with van der Waals surface area (Å²) in [6, 6.07) is 10.3. The number of anilines is 1. The summed E-state index contributed by atoms with van der Waals surface area (Å²) in [5.74, 6) is -0.337. The van der Waals surface area contributed by atoms with Gasteiger partial charge in [0.2, 0.25) is 11.8 Å². The molecule has 6 N–H and O–H groups in total. The monoisotopic (exact) mass is 894 g/mol. The first kappa shape index (κ1) is 47.3. The fourth-order valence-corrected chi connectivity index (χ4v) is 10.4. The molecule has 0 spiro atoms. The number of aliphatic imine (C=N–C) groups is 1. The first-order chi connectivity index (χ1) is 31.4. The van der Waals surface area contributed by atoms with Crippen LogP contribution in [0.3, 0.4) is 0 Å². The number of imide groups is 1. The molecule has 1 saturated heterocycles. The zero-order valence-electron chi connectivity index (χ0n) is 37.8. The summed E-state index contributed by atoms with van der Waals surface area (Å²) in [6.07, 6.45) is 13.3. The van der Waals surface area contributed by atoms with Crippen LogP contribution in [0.1, 0.15) is 139 Å². The highest BCUT2D eigenvalue weighted by Crippen LogP contribution is 2.40. The molecule has 2 aromatic carbocycles. The Morgan fingerprint density at radius 1 is 0.985 bits per heavy atom. The van der Waals surface area contributed by atoms with Crippen molar-refractivity contribution in [3.63, 3.8) is 0 Å². The molecule has 2 aliphatic carbocycles. The van der Waals surface area contributed by atoms with Gasteiger partial charge in [-0.25, -0.2) is 13.6 Å². The molecule has 0 radical (unpaired) electrons. The number of hydrogen-bond acceptors (Lipinski definition) is 10. The van der Waals surface area contributed by atoms with E-state index in [0.29, 0.717) is 79.7 Å². The summed E-state index contributed by atoms with van der Waals surface area (Å²) in [6.45, 7) is 2.70. The number of ketones is 2. The van der Waals surface area contributed by atoms with E-state index in [1.165, 1.54) is 17.0 Å². The summed E-state index contributed by atoms with van der Waals surface area (Å²) >= 11 is 0. The molecule has 3 aromatic rings. The Labute approximate surface area is 379 Å². The zero-order valence-corrected chi connectivity index (χ0v) is 37.8. The van der Waals surface area contributed by atoms with Gasteiger partial charge in [-0.05, 0) is 112 Å². The fraction of sp³-hybridized carbons (Fsp3) is 0.520. The van der Waals surface area contributed by atoms with E-state index in [1.807, 2.05) is 29.2 Å². The Balaban J connectivity index is 0.916. The number of nitrogens with one attached hydrogen (secondary N) is 2. The average Bonchev–Trinajstić information content (AvgIpc) is 3.57. The lowest BCUT2D eigenvalue weighted by Gasteiger charge is -2.40. The van der Waals surface area contributed by atoms with Crippen molar-refractivity contribution in [3.8, 4) is 0 Å². The molecule has 2 aliphatic heterocycles. The van der Waals surface area contributed by atoms with E-state index in [-0.39, 0.29) is 41.3 Å². The topological polar surface area (TPSA) is 187 Å². The van der Waals surface area contributed by atoms with E-state index in [4.69, 9.17) is 11.5 Å². The Morgan fingerprint density at radius 2 is 1.72 bits per heavy atom. The highest BCUT2D eigenvalue weighted by atomic mass is 19.3. The molecule has 65 heavy (non-hydrogen) atoms. The van der Waals surface area contributed by atoms with Gasteiger partial charge in [0.05, 0.1) is 11.0 Å². The van der Waals surface area contributed by atoms with Crippen molar-refractivity contribution < 1.29 is 28.0 Å². The zero-order chi connectivity index (χ0) is 46.2. The minimum atomic E-state index is -2.73. The standard InChI is InChI=1S/C50H64F2N8O5/c1-31(61)25-32-15-20-40(39(26-32)48(54)58-24-10-11-34-27-37(35(29-53)30-55-2)38(47(51)52)28-44(34)58)56-36-18-16-33(17-19-36)45(62)14-6-4-3-5-9-23-59-41-12-7-8-13-42(41)60(50(59)65)43-21-22-46(63)57-49(43)64/h7-8,12-13,15,27-30,33,36,43,47-48,56H,3-6,9-11,14,16-26,53-54H2,1-2H3,(H,57,63,64)/b35-29+,55-30?. The quantitative estimate of drug-likeness (QED) is 0.0410. The number of benzene rings is 2. The number of alkyl halides is 2. The van der Waals surface area contributed by atoms with E-state index in [9.17, 15) is 32.8 Å². The Kier molecular flexibility index (Phi) is 15.7. The van der Waals surface area contributed by atoms with Gasteiger partial charge in [0.1, 0.15) is 23.8 Å². The van der Waals surface area contributed by atoms with Crippen LogP contribution in [0.4, 0.5) is 14.5 Å². The van der Waals surface area contributed by atoms with E-state index in [0.717, 1.165) is 92.1 Å². The molecule has 2 unspecified atom stereocenters. The third kappa shape index (κ3) is 10.9. The number of carbonyl (C=O) groups excluding carboxylic acids is 4. The molecule has 2 fully saturated rings. The lowest BCUT2D eigenvalue weighted by Crippen LogP contribution is -2.48. The SMILES string of the molecule is CN=C/C(=C\N)c1cc2c(cc1C(F)F)N(C(N)C1=C(NC3CCC(C(=O)CCCCCCCn4c(=O)n(C5CCC(=O)NC5=O)c5ccccc54)CC3)CC=C(CC(C)=O)C1)CCC2. The molecular formula is C50H64F2N8O5. The predicted octanol–water partition coefficient (Wildman–Crippen LogP) is 7.47. The van der Waals surface area contributed by atoms with Crippen molar-refractivity contribution in [2.24, 2.45) is 22.4 Å². The maximum absolute atomic E-state index is 14.6. The number of piperidine rings is 1. The number of rotatable bonds is 19. The molecule has 0 bridgehead atoms. The van der Waals surface area contributed by atoms with Gasteiger partial charge < -0.3 is 21.7 Å². The Hall–Kier alpha value is -5.70. The number of aryl methyl sites for hydroxylation is 2. The van der Waals surface area contributed by atoms with E-state index in [1.54, 1.807) is 30.7 Å². The minimum absolute atomic E-state index is 0.0303. The van der Waals surface area contributed by atoms with Gasteiger partial charge in [-0.2, -0.15) is 0 Å². The Morgan fingerprint density at radius 3 is 2.43 bits per heavy atom. The van der Waals surface area contributed by atoms with Crippen LogP contribution < -0.4 is 32.7 Å². The van der Waals surface area contributed by atoms with E-state index >= 15 is 0 Å². The van der Waals surface area contributed by atoms with Crippen LogP contribution in [0.2, 0.25) is 0 Å². The highest BCUT2D eigenvalue weighted by molar-refractivity contribution is 6.10. The number of allylic oxidation sites excluding steroid dienone is 3. The van der Waals surface area contributed by atoms with Gasteiger partial charge in [0.15, 0.2) is 0 Å². The van der Waals surface area contributed by atoms with Crippen LogP contribution in [0.5, 0.6) is 0 Å². The molecule has 7 rings (SSSR count). The molecule has 348 valence electrons. The van der Waals surface area contributed by atoms with Crippen molar-refractivity contribution in [2.75, 3.05) is 18.5 Å². The summed E-state index contributed by atoms with van der Waals surface area (Å²) in [5, 5.41) is 6.17. The summed E-state index contributed by atoms with van der Waals surface area (Å²) < 4.78 is 32.5. The lowest BCUT2D eigenvalue weighted by molar-refractivity contribution is -0.135. The predicted molar refractivity (Wildman–Crippen MR) is 250 cm³/mol. The number of carbonyl (C=O) groups is 4. The van der Waals surface area contributed by atoms with Gasteiger partial charge >= 0.3 is 5.69 Å². The lowest BCUT2D eigenvalue weighted by atomic mass is 9.81. The van der Waals surface area contributed by atoms with Gasteiger partial charge in [-0.15, -0.1) is 0 Å². The van der Waals surface area contributed by atoms with Gasteiger partial charge in [-0.1, -0.05) is 43.0 Å². The first-order valence-corrected chi connectivity index (χ1v) is 23.4. The van der Waals surface area contributed by atoms with Crippen LogP contribution in [0.15, 0.2) is 75.3 Å². The van der Waals surface area contributed by atoms with Crippen molar-refractivity contribution >= 4 is 51.9 Å². The third-order valence-corrected chi connectivity index (χ3v) is 13.7. The molecule has 2 amide bonds. The molecule has 1 saturated carbocycles. The van der Waals surface area contributed by atoms with Crippen molar-refractivity contribution in [1.82, 2.24) is 19.8 Å². The molecule has 13 nitrogen and oxygen atoms in total. The second kappa shape index (κ2) is 21.5. The van der Waals surface area contributed by atoms with Crippen LogP contribution in [0, 0.1) is 5.92 Å². The maximum Gasteiger partial charge on any atom is 0.329 e. The van der Waals surface area contributed by atoms with Crippen LogP contribution in [0.25, 0.3) is 16.6 Å². The number of nitrogens with two attached hydrogens (primary N) is 2. The maximum atomic E-state index is 14.6. The number of fused-ring (bicyclic) bond motifs is 2. The molecule has 4 aliphatic rings. The molecule has 2 atom stereocenters. The number of unbranched alkanes of at least 4 members (excludes halogenated alkanes) is 4. The number of nitrogens with zero attached hydrogens (tertiary/aromatic N) is 4. The largest absolute Gasteiger partial charge is 0.404 e. The van der Waals surface area contributed by atoms with E-state index in [2.05, 4.69) is 21.7 Å². The summed E-state index contributed by atoms with van der Waals surface area (Å²) in [4.78, 5) is 69.6. The van der Waals surface area contributed by atoms with E-state index < -0.39 is 24.5 Å². The van der Waals surface area contributed by atoms with Crippen LogP contribution in [-0.2, 0) is 32.1 Å². The smallest absolute Gasteiger partial charge is 0.329 e.